The summed E-state index contributed by atoms with van der Waals surface area (Å²) in [5, 5.41) is 6.67. The van der Waals surface area contributed by atoms with Crippen LogP contribution in [0.25, 0.3) is 0 Å². The van der Waals surface area contributed by atoms with Gasteiger partial charge in [0.05, 0.1) is 11.8 Å². The molecule has 0 unspecified atom stereocenters. The molecule has 0 spiro atoms. The summed E-state index contributed by atoms with van der Waals surface area (Å²) >= 11 is 0. The molecule has 0 aromatic carbocycles. The number of amides is 3. The maximum absolute atomic E-state index is 12.5. The predicted molar refractivity (Wildman–Crippen MR) is 83.7 cm³/mol. The van der Waals surface area contributed by atoms with Crippen molar-refractivity contribution < 1.29 is 14.4 Å². The number of carbonyl (C=O) groups excluding carboxylic acids is 3. The summed E-state index contributed by atoms with van der Waals surface area (Å²) < 4.78 is 1.66. The van der Waals surface area contributed by atoms with Crippen LogP contribution in [0, 0.1) is 6.92 Å². The van der Waals surface area contributed by atoms with Crippen molar-refractivity contribution in [1.82, 2.24) is 24.9 Å². The van der Waals surface area contributed by atoms with E-state index < -0.39 is 11.8 Å². The SMILES string of the molecule is Cc1c(C(=O)N2CCN(C(=O)C(=O)NC(C)C)CC2)cnn1C. The van der Waals surface area contributed by atoms with Crippen molar-refractivity contribution in [3.63, 3.8) is 0 Å². The van der Waals surface area contributed by atoms with Crippen molar-refractivity contribution in [3.8, 4) is 0 Å². The van der Waals surface area contributed by atoms with Crippen LogP contribution in [0.3, 0.4) is 0 Å². The molecule has 23 heavy (non-hydrogen) atoms. The predicted octanol–water partition coefficient (Wildman–Crippen LogP) is -0.462. The van der Waals surface area contributed by atoms with E-state index in [1.807, 2.05) is 6.92 Å². The summed E-state index contributed by atoms with van der Waals surface area (Å²) in [7, 11) is 1.79. The fraction of sp³-hybridized carbons (Fsp3) is 0.600. The number of nitrogens with zero attached hydrogens (tertiary/aromatic N) is 4. The van der Waals surface area contributed by atoms with Gasteiger partial charge in [0.25, 0.3) is 5.91 Å². The number of hydrogen-bond acceptors (Lipinski definition) is 4. The first-order valence-electron chi connectivity index (χ1n) is 7.69. The van der Waals surface area contributed by atoms with Crippen molar-refractivity contribution >= 4 is 17.7 Å². The first kappa shape index (κ1) is 17.0. The number of hydrogen-bond donors (Lipinski definition) is 1. The molecule has 1 aromatic rings. The smallest absolute Gasteiger partial charge is 0.312 e. The minimum absolute atomic E-state index is 0.0807. The van der Waals surface area contributed by atoms with E-state index >= 15 is 0 Å². The lowest BCUT2D eigenvalue weighted by molar-refractivity contribution is -0.147. The number of piperazine rings is 1. The quantitative estimate of drug-likeness (QED) is 0.747. The van der Waals surface area contributed by atoms with E-state index in [1.165, 1.54) is 4.90 Å². The van der Waals surface area contributed by atoms with Crippen LogP contribution in [-0.4, -0.2) is 69.5 Å². The lowest BCUT2D eigenvalue weighted by atomic mass is 10.2. The van der Waals surface area contributed by atoms with Crippen LogP contribution in [0.4, 0.5) is 0 Å². The van der Waals surface area contributed by atoms with E-state index in [9.17, 15) is 14.4 Å². The average molecular weight is 321 g/mol. The number of aryl methyl sites for hydroxylation is 1. The third-order valence-corrected chi connectivity index (χ3v) is 3.93. The molecule has 0 aliphatic carbocycles. The Bertz CT molecular complexity index is 615. The molecule has 1 aliphatic rings. The summed E-state index contributed by atoms with van der Waals surface area (Å²) in [5.74, 6) is -1.22. The zero-order valence-corrected chi connectivity index (χ0v) is 14.0. The number of carbonyl (C=O) groups is 3. The first-order valence-corrected chi connectivity index (χ1v) is 7.69. The summed E-state index contributed by atoms with van der Waals surface area (Å²) in [6, 6.07) is -0.0807. The van der Waals surface area contributed by atoms with E-state index in [-0.39, 0.29) is 11.9 Å². The molecule has 0 atom stereocenters. The Labute approximate surface area is 135 Å². The molecule has 1 aliphatic heterocycles. The third-order valence-electron chi connectivity index (χ3n) is 3.93. The van der Waals surface area contributed by atoms with Gasteiger partial charge < -0.3 is 15.1 Å². The molecule has 1 saturated heterocycles. The highest BCUT2D eigenvalue weighted by atomic mass is 16.2. The lowest BCUT2D eigenvalue weighted by Gasteiger charge is -2.34. The zero-order chi connectivity index (χ0) is 17.1. The van der Waals surface area contributed by atoms with Crippen molar-refractivity contribution in [2.45, 2.75) is 26.8 Å². The fourth-order valence-corrected chi connectivity index (χ4v) is 2.46. The number of rotatable bonds is 2. The van der Waals surface area contributed by atoms with Gasteiger partial charge in [-0.2, -0.15) is 5.10 Å². The summed E-state index contributed by atoms with van der Waals surface area (Å²) in [5.41, 5.74) is 1.38. The molecule has 1 fully saturated rings. The van der Waals surface area contributed by atoms with Crippen molar-refractivity contribution in [2.75, 3.05) is 26.2 Å². The Morgan fingerprint density at radius 1 is 1.13 bits per heavy atom. The molecule has 0 saturated carbocycles. The van der Waals surface area contributed by atoms with Crippen LogP contribution in [0.1, 0.15) is 29.9 Å². The van der Waals surface area contributed by atoms with Crippen LogP contribution in [-0.2, 0) is 16.6 Å². The second-order valence-electron chi connectivity index (χ2n) is 5.98. The zero-order valence-electron chi connectivity index (χ0n) is 14.0. The Hall–Kier alpha value is -2.38. The van der Waals surface area contributed by atoms with Gasteiger partial charge in [0.1, 0.15) is 0 Å². The van der Waals surface area contributed by atoms with Crippen LogP contribution in [0.2, 0.25) is 0 Å². The second-order valence-corrected chi connectivity index (χ2v) is 5.98. The highest BCUT2D eigenvalue weighted by Crippen LogP contribution is 2.12. The van der Waals surface area contributed by atoms with Crippen molar-refractivity contribution in [3.05, 3.63) is 17.5 Å². The Morgan fingerprint density at radius 3 is 2.17 bits per heavy atom. The molecular weight excluding hydrogens is 298 g/mol. The number of nitrogens with one attached hydrogen (secondary N) is 1. The lowest BCUT2D eigenvalue weighted by Crippen LogP contribution is -2.54. The minimum Gasteiger partial charge on any atom is -0.346 e. The van der Waals surface area contributed by atoms with Gasteiger partial charge in [0.2, 0.25) is 0 Å². The van der Waals surface area contributed by atoms with Crippen LogP contribution >= 0.6 is 0 Å². The fourth-order valence-electron chi connectivity index (χ4n) is 2.46. The van der Waals surface area contributed by atoms with Gasteiger partial charge in [0, 0.05) is 45.0 Å². The van der Waals surface area contributed by atoms with Gasteiger partial charge in [-0.15, -0.1) is 0 Å². The van der Waals surface area contributed by atoms with Gasteiger partial charge in [-0.1, -0.05) is 0 Å². The molecular formula is C15H23N5O3. The maximum Gasteiger partial charge on any atom is 0.312 e. The standard InChI is InChI=1S/C15H23N5O3/c1-10(2)17-13(21)15(23)20-7-5-19(6-8-20)14(22)12-9-16-18(4)11(12)3/h9-10H,5-8H2,1-4H3,(H,17,21). The molecule has 2 heterocycles. The number of aromatic nitrogens is 2. The van der Waals surface area contributed by atoms with Gasteiger partial charge in [-0.05, 0) is 20.8 Å². The van der Waals surface area contributed by atoms with Crippen LogP contribution < -0.4 is 5.32 Å². The monoisotopic (exact) mass is 321 g/mol. The van der Waals surface area contributed by atoms with Crippen LogP contribution in [0.15, 0.2) is 6.20 Å². The Balaban J connectivity index is 1.93. The molecule has 0 bridgehead atoms. The minimum atomic E-state index is -0.595. The van der Waals surface area contributed by atoms with Crippen molar-refractivity contribution in [2.24, 2.45) is 7.05 Å². The molecule has 1 aromatic heterocycles. The third kappa shape index (κ3) is 3.69. The highest BCUT2D eigenvalue weighted by molar-refractivity contribution is 6.35. The topological polar surface area (TPSA) is 87.5 Å². The van der Waals surface area contributed by atoms with Gasteiger partial charge >= 0.3 is 11.8 Å². The molecule has 8 heteroatoms. The summed E-state index contributed by atoms with van der Waals surface area (Å²) in [6.45, 7) is 6.98. The molecule has 0 radical (unpaired) electrons. The van der Waals surface area contributed by atoms with E-state index in [2.05, 4.69) is 10.4 Å². The highest BCUT2D eigenvalue weighted by Gasteiger charge is 2.29. The average Bonchev–Trinajstić information content (AvgIpc) is 2.85. The second kappa shape index (κ2) is 6.80. The molecule has 8 nitrogen and oxygen atoms in total. The Morgan fingerprint density at radius 2 is 1.70 bits per heavy atom. The molecule has 2 rings (SSSR count). The van der Waals surface area contributed by atoms with E-state index in [4.69, 9.17) is 0 Å². The van der Waals surface area contributed by atoms with Gasteiger partial charge in [-0.3, -0.25) is 19.1 Å². The van der Waals surface area contributed by atoms with E-state index in [0.29, 0.717) is 31.7 Å². The van der Waals surface area contributed by atoms with Gasteiger partial charge in [0.15, 0.2) is 0 Å². The summed E-state index contributed by atoms with van der Waals surface area (Å²) in [6.07, 6.45) is 1.56. The normalized spacial score (nSPS) is 15.0. The summed E-state index contributed by atoms with van der Waals surface area (Å²) in [4.78, 5) is 39.4. The Kier molecular flexibility index (Phi) is 5.02. The van der Waals surface area contributed by atoms with Crippen LogP contribution in [0.5, 0.6) is 0 Å². The maximum atomic E-state index is 12.5. The van der Waals surface area contributed by atoms with E-state index in [0.717, 1.165) is 5.69 Å². The molecule has 3 amide bonds. The first-order chi connectivity index (χ1) is 10.8. The van der Waals surface area contributed by atoms with E-state index in [1.54, 1.807) is 36.7 Å². The molecule has 1 N–H and O–H groups in total. The largest absolute Gasteiger partial charge is 0.346 e. The van der Waals surface area contributed by atoms with Gasteiger partial charge in [-0.25, -0.2) is 0 Å². The van der Waals surface area contributed by atoms with Crippen molar-refractivity contribution in [1.29, 1.82) is 0 Å². The molecule has 126 valence electrons.